The van der Waals surface area contributed by atoms with Gasteiger partial charge in [0.25, 0.3) is 0 Å². The first-order chi connectivity index (χ1) is 12.9. The second-order valence-electron chi connectivity index (χ2n) is 9.14. The second-order valence-corrected chi connectivity index (χ2v) is 9.14. The van der Waals surface area contributed by atoms with Gasteiger partial charge in [-0.05, 0) is 30.5 Å². The molecule has 1 aromatic rings. The fourth-order valence-corrected chi connectivity index (χ4v) is 7.82. The van der Waals surface area contributed by atoms with Crippen molar-refractivity contribution < 1.29 is 19.3 Å². The molecule has 3 saturated carbocycles. The van der Waals surface area contributed by atoms with E-state index < -0.39 is 22.5 Å². The van der Waals surface area contributed by atoms with Gasteiger partial charge in [-0.2, -0.15) is 0 Å². The molecule has 3 aliphatic carbocycles. The van der Waals surface area contributed by atoms with E-state index in [1.165, 1.54) is 7.11 Å². The molecule has 7 unspecified atom stereocenters. The van der Waals surface area contributed by atoms with Crippen molar-refractivity contribution in [1.82, 2.24) is 0 Å². The predicted molar refractivity (Wildman–Crippen MR) is 98.6 cm³/mol. The number of quaternary nitrogens is 1. The topological polar surface area (TPSA) is 81.6 Å². The van der Waals surface area contributed by atoms with Crippen LogP contribution in [0.1, 0.15) is 24.8 Å². The van der Waals surface area contributed by atoms with Crippen LogP contribution in [0.25, 0.3) is 0 Å². The van der Waals surface area contributed by atoms with Crippen LogP contribution < -0.4 is 5.32 Å². The number of hydroxylamine groups is 3. The highest BCUT2D eigenvalue weighted by atomic mass is 16.6. The number of esters is 1. The number of nitrogens with one attached hydrogen (secondary N) is 1. The first kappa shape index (κ1) is 16.1. The van der Waals surface area contributed by atoms with Crippen molar-refractivity contribution in [3.63, 3.8) is 0 Å². The summed E-state index contributed by atoms with van der Waals surface area (Å²) in [5.74, 6) is -0.627. The lowest BCUT2D eigenvalue weighted by Gasteiger charge is -2.70. The molecule has 7 rings (SSSR count). The predicted octanol–water partition coefficient (Wildman–Crippen LogP) is 1.69. The molecule has 142 valence electrons. The van der Waals surface area contributed by atoms with Crippen molar-refractivity contribution in [2.75, 3.05) is 25.5 Å². The highest BCUT2D eigenvalue weighted by molar-refractivity contribution is 5.81. The summed E-state index contributed by atoms with van der Waals surface area (Å²) in [7, 11) is 1.43. The fourth-order valence-electron chi connectivity index (χ4n) is 7.82. The Balaban J connectivity index is 1.71. The standard InChI is InChI=1S/C21H24N2O4/c1-27-17(25)14-11-19-7-4-9-23(26)10-8-20(18(19)23)13-5-2-3-6-15(13)22-21(14,20)12-16(19)24/h2-7,14,16,18,22,24H,8-12H2,1H3. The second kappa shape index (κ2) is 4.57. The van der Waals surface area contributed by atoms with Gasteiger partial charge in [-0.1, -0.05) is 24.3 Å². The third-order valence-electron chi connectivity index (χ3n) is 8.51. The molecule has 3 aliphatic heterocycles. The van der Waals surface area contributed by atoms with Crippen LogP contribution in [0.2, 0.25) is 0 Å². The van der Waals surface area contributed by atoms with Crippen LogP contribution in [0, 0.1) is 16.5 Å². The number of fused-ring (bicyclic) bond motifs is 3. The lowest BCUT2D eigenvalue weighted by Crippen LogP contribution is -2.81. The Morgan fingerprint density at radius 2 is 2.19 bits per heavy atom. The number of carbonyl (C=O) groups is 1. The van der Waals surface area contributed by atoms with Crippen LogP contribution in [0.3, 0.4) is 0 Å². The maximum absolute atomic E-state index is 13.9. The monoisotopic (exact) mass is 368 g/mol. The highest BCUT2D eigenvalue weighted by Gasteiger charge is 2.84. The first-order valence-electron chi connectivity index (χ1n) is 9.83. The molecule has 7 atom stereocenters. The summed E-state index contributed by atoms with van der Waals surface area (Å²) in [4.78, 5) is 12.9. The number of para-hydroxylation sites is 1. The Labute approximate surface area is 158 Å². The molecular formula is C21H24N2O4. The number of anilines is 1. The number of nitrogens with zero attached hydrogens (tertiary/aromatic N) is 1. The smallest absolute Gasteiger partial charge is 0.311 e. The van der Waals surface area contributed by atoms with Crippen molar-refractivity contribution in [3.05, 3.63) is 47.2 Å². The van der Waals surface area contributed by atoms with Gasteiger partial charge in [0.2, 0.25) is 0 Å². The maximum atomic E-state index is 13.9. The van der Waals surface area contributed by atoms with Crippen LogP contribution in [-0.2, 0) is 14.9 Å². The summed E-state index contributed by atoms with van der Waals surface area (Å²) in [6.45, 7) is 0.969. The number of hydrogen-bond donors (Lipinski definition) is 2. The third kappa shape index (κ3) is 1.45. The van der Waals surface area contributed by atoms with E-state index in [2.05, 4.69) is 17.5 Å². The molecule has 2 bridgehead atoms. The Hall–Kier alpha value is -1.89. The summed E-state index contributed by atoms with van der Waals surface area (Å²) >= 11 is 0. The molecule has 0 amide bonds. The number of aliphatic hydroxyl groups is 1. The number of aliphatic hydroxyl groups excluding tert-OH is 1. The molecule has 6 aliphatic rings. The van der Waals surface area contributed by atoms with Gasteiger partial charge in [0.05, 0.1) is 48.6 Å². The average molecular weight is 368 g/mol. The van der Waals surface area contributed by atoms with E-state index in [0.29, 0.717) is 25.9 Å². The number of benzene rings is 1. The van der Waals surface area contributed by atoms with Crippen molar-refractivity contribution >= 4 is 11.7 Å². The number of rotatable bonds is 1. The molecule has 1 aromatic carbocycles. The van der Waals surface area contributed by atoms with Gasteiger partial charge in [-0.3, -0.25) is 4.79 Å². The van der Waals surface area contributed by atoms with Gasteiger partial charge in [-0.25, -0.2) is 0 Å². The van der Waals surface area contributed by atoms with E-state index in [9.17, 15) is 15.1 Å². The van der Waals surface area contributed by atoms with Crippen molar-refractivity contribution in [2.45, 2.75) is 42.4 Å². The summed E-state index contributed by atoms with van der Waals surface area (Å²) in [6.07, 6.45) is 5.01. The summed E-state index contributed by atoms with van der Waals surface area (Å²) in [6, 6.07) is 7.88. The van der Waals surface area contributed by atoms with Gasteiger partial charge < -0.3 is 25.0 Å². The van der Waals surface area contributed by atoms with Crippen LogP contribution >= 0.6 is 0 Å². The Kier molecular flexibility index (Phi) is 2.72. The van der Waals surface area contributed by atoms with E-state index in [4.69, 9.17) is 4.74 Å². The molecule has 2 N–H and O–H groups in total. The number of hydrogen-bond acceptors (Lipinski definition) is 5. The minimum absolute atomic E-state index is 0.241. The van der Waals surface area contributed by atoms with Crippen LogP contribution in [0.4, 0.5) is 5.69 Å². The zero-order valence-corrected chi connectivity index (χ0v) is 15.4. The van der Waals surface area contributed by atoms with E-state index in [1.54, 1.807) is 0 Å². The van der Waals surface area contributed by atoms with Gasteiger partial charge in [0, 0.05) is 12.1 Å². The van der Waals surface area contributed by atoms with Gasteiger partial charge in [-0.15, -0.1) is 0 Å². The molecule has 3 spiro atoms. The van der Waals surface area contributed by atoms with Gasteiger partial charge >= 0.3 is 5.97 Å². The fraction of sp³-hybridized carbons (Fsp3) is 0.571. The molecule has 4 fully saturated rings. The Bertz CT molecular complexity index is 902. The van der Waals surface area contributed by atoms with Crippen LogP contribution in [0.5, 0.6) is 0 Å². The van der Waals surface area contributed by atoms with Crippen LogP contribution in [-0.4, -0.2) is 53.6 Å². The molecule has 1 saturated heterocycles. The summed E-state index contributed by atoms with van der Waals surface area (Å²) in [5, 5.41) is 28.9. The average Bonchev–Trinajstić information content (AvgIpc) is 3.15. The number of methoxy groups -OCH3 is 1. The third-order valence-corrected chi connectivity index (χ3v) is 8.51. The van der Waals surface area contributed by atoms with Crippen molar-refractivity contribution in [3.8, 4) is 0 Å². The SMILES string of the molecule is COC(=O)C1CC23C=CC[N+]4([O-])CCC5(c6ccccc6NC15CC2O)C34. The minimum atomic E-state index is -0.670. The van der Waals surface area contributed by atoms with E-state index >= 15 is 0 Å². The lowest BCUT2D eigenvalue weighted by molar-refractivity contribution is -0.901. The normalized spacial score (nSPS) is 50.6. The molecule has 0 aromatic heterocycles. The summed E-state index contributed by atoms with van der Waals surface area (Å²) in [5.41, 5.74) is 0.360. The molecule has 27 heavy (non-hydrogen) atoms. The lowest BCUT2D eigenvalue weighted by atomic mass is 9.39. The minimum Gasteiger partial charge on any atom is -0.632 e. The van der Waals surface area contributed by atoms with Gasteiger partial charge in [0.1, 0.15) is 6.04 Å². The molecule has 0 radical (unpaired) electrons. The Morgan fingerprint density at radius 3 is 3.00 bits per heavy atom. The van der Waals surface area contributed by atoms with E-state index in [1.807, 2.05) is 24.3 Å². The number of carbonyl (C=O) groups excluding carboxylic acids is 1. The molecular weight excluding hydrogens is 344 g/mol. The zero-order valence-electron chi connectivity index (χ0n) is 15.4. The number of ether oxygens (including phenoxy) is 1. The first-order valence-corrected chi connectivity index (χ1v) is 9.83. The molecule has 6 nitrogen and oxygen atoms in total. The summed E-state index contributed by atoms with van der Waals surface area (Å²) < 4.78 is 4.92. The largest absolute Gasteiger partial charge is 0.632 e. The Morgan fingerprint density at radius 1 is 1.37 bits per heavy atom. The van der Waals surface area contributed by atoms with E-state index in [-0.39, 0.29) is 22.6 Å². The van der Waals surface area contributed by atoms with Gasteiger partial charge in [0.15, 0.2) is 0 Å². The highest BCUT2D eigenvalue weighted by Crippen LogP contribution is 2.74. The van der Waals surface area contributed by atoms with E-state index in [0.717, 1.165) is 17.7 Å². The van der Waals surface area contributed by atoms with Crippen molar-refractivity contribution in [2.24, 2.45) is 11.3 Å². The molecule has 3 heterocycles. The molecule has 6 heteroatoms. The maximum Gasteiger partial charge on any atom is 0.311 e. The quantitative estimate of drug-likeness (QED) is 0.341. The van der Waals surface area contributed by atoms with Crippen LogP contribution in [0.15, 0.2) is 36.4 Å². The van der Waals surface area contributed by atoms with Crippen molar-refractivity contribution in [1.29, 1.82) is 0 Å². The zero-order chi connectivity index (χ0) is 18.7.